The van der Waals surface area contributed by atoms with E-state index in [0.29, 0.717) is 0 Å². The zero-order chi connectivity index (χ0) is 15.2. The smallest absolute Gasteiger partial charge is 1.00 e. The van der Waals surface area contributed by atoms with Crippen LogP contribution in [0.25, 0.3) is 16.3 Å². The Labute approximate surface area is 171 Å². The van der Waals surface area contributed by atoms with Gasteiger partial charge < -0.3 is 29.9 Å². The second-order valence-electron chi connectivity index (χ2n) is 6.60. The first-order valence-electron chi connectivity index (χ1n) is 7.50. The van der Waals surface area contributed by atoms with Gasteiger partial charge in [0.05, 0.1) is 5.60 Å². The summed E-state index contributed by atoms with van der Waals surface area (Å²) in [4.78, 5) is 0. The molecule has 0 amide bonds. The maximum Gasteiger partial charge on any atom is 2.00 e. The van der Waals surface area contributed by atoms with Crippen molar-refractivity contribution < 1.29 is 51.6 Å². The van der Waals surface area contributed by atoms with E-state index in [0.717, 1.165) is 17.4 Å². The minimum absolute atomic E-state index is 0. The van der Waals surface area contributed by atoms with Crippen LogP contribution < -0.4 is 24.8 Å². The first-order chi connectivity index (χ1) is 9.88. The van der Waals surface area contributed by atoms with E-state index in [9.17, 15) is 5.11 Å². The van der Waals surface area contributed by atoms with Gasteiger partial charge in [0.2, 0.25) is 0 Å². The van der Waals surface area contributed by atoms with E-state index in [1.54, 1.807) is 0 Å². The molecule has 0 radical (unpaired) electrons. The second-order valence-corrected chi connectivity index (χ2v) is 6.60. The van der Waals surface area contributed by atoms with Gasteiger partial charge in [-0.2, -0.15) is 0 Å². The first kappa shape index (κ1) is 23.4. The topological polar surface area (TPSA) is 20.2 Å². The predicted molar refractivity (Wildman–Crippen MR) is 90.2 cm³/mol. The van der Waals surface area contributed by atoms with Crippen molar-refractivity contribution in [3.05, 3.63) is 64.7 Å². The molecule has 0 bridgehead atoms. The molecule has 3 rings (SSSR count). The molecule has 0 saturated heterocycles. The van der Waals surface area contributed by atoms with Gasteiger partial charge in [-0.3, -0.25) is 0 Å². The zero-order valence-electron chi connectivity index (χ0n) is 14.5. The molecule has 2 aromatic rings. The fourth-order valence-electron chi connectivity index (χ4n) is 3.42. The third-order valence-corrected chi connectivity index (χ3v) is 4.26. The van der Waals surface area contributed by atoms with E-state index in [1.807, 2.05) is 26.0 Å². The molecule has 1 N–H and O–H groups in total. The van der Waals surface area contributed by atoms with E-state index in [4.69, 9.17) is 0 Å². The van der Waals surface area contributed by atoms with Crippen LogP contribution in [0.1, 0.15) is 45.2 Å². The molecule has 0 saturated carbocycles. The van der Waals surface area contributed by atoms with Crippen LogP contribution in [0.5, 0.6) is 0 Å². The number of hydrogen-bond donors (Lipinski definition) is 1. The Morgan fingerprint density at radius 2 is 1.58 bits per heavy atom. The summed E-state index contributed by atoms with van der Waals surface area (Å²) in [5.41, 5.74) is 5.41. The van der Waals surface area contributed by atoms with Crippen LogP contribution in [-0.4, -0.2) is 5.11 Å². The molecule has 1 nitrogen and oxygen atoms in total. The molecule has 0 aromatic heterocycles. The number of benzene rings is 2. The molecular weight excluding hydrogens is 375 g/mol. The van der Waals surface area contributed by atoms with Crippen LogP contribution in [0.15, 0.2) is 53.6 Å². The van der Waals surface area contributed by atoms with Gasteiger partial charge in [0.15, 0.2) is 0 Å². The number of halogens is 2. The summed E-state index contributed by atoms with van der Waals surface area (Å²) in [5.74, 6) is 0. The van der Waals surface area contributed by atoms with Crippen molar-refractivity contribution >= 4 is 16.3 Å². The van der Waals surface area contributed by atoms with Crippen molar-refractivity contribution in [2.45, 2.75) is 39.7 Å². The van der Waals surface area contributed by atoms with Crippen LogP contribution >= 0.6 is 0 Å². The Kier molecular flexibility index (Phi) is 8.49. The predicted octanol–water partition coefficient (Wildman–Crippen LogP) is -0.804. The Balaban J connectivity index is 0.00000176. The summed E-state index contributed by atoms with van der Waals surface area (Å²) in [6, 6.07) is 12.6. The maximum atomic E-state index is 10.7. The van der Waals surface area contributed by atoms with Crippen LogP contribution in [-0.2, 0) is 27.3 Å². The van der Waals surface area contributed by atoms with Gasteiger partial charge in [0, 0.05) is 0 Å². The molecule has 0 spiro atoms. The third kappa shape index (κ3) is 4.34. The average molecular weight is 397 g/mol. The fourth-order valence-corrected chi connectivity index (χ4v) is 3.42. The molecule has 24 heavy (non-hydrogen) atoms. The summed E-state index contributed by atoms with van der Waals surface area (Å²) < 4.78 is 0. The van der Waals surface area contributed by atoms with E-state index in [-0.39, 0.29) is 46.5 Å². The molecule has 0 heterocycles. The van der Waals surface area contributed by atoms with E-state index in [1.165, 1.54) is 27.7 Å². The van der Waals surface area contributed by atoms with Gasteiger partial charge in [-0.25, -0.2) is 0 Å². The number of rotatable bonds is 2. The van der Waals surface area contributed by atoms with Crippen molar-refractivity contribution in [3.63, 3.8) is 0 Å². The fraction of sp³-hybridized carbons (Fsp3) is 0.300. The molecule has 2 aromatic carbocycles. The number of hydrogen-bond acceptors (Lipinski definition) is 1. The Hall–Kier alpha value is -0.566. The van der Waals surface area contributed by atoms with Crippen LogP contribution in [0.3, 0.4) is 0 Å². The molecule has 4 heteroatoms. The SMILES string of the molecule is CC1=CC(C)=C(c2ccc3ccccc3c2C(C)(C)O)C1.[Cl-].[Cl-].[Ti+2]. The van der Waals surface area contributed by atoms with Crippen molar-refractivity contribution in [3.8, 4) is 0 Å². The summed E-state index contributed by atoms with van der Waals surface area (Å²) in [6.45, 7) is 8.09. The van der Waals surface area contributed by atoms with E-state index in [2.05, 4.69) is 44.2 Å². The van der Waals surface area contributed by atoms with Crippen molar-refractivity contribution in [1.29, 1.82) is 0 Å². The van der Waals surface area contributed by atoms with Gasteiger partial charge in [-0.15, -0.1) is 0 Å². The first-order valence-corrected chi connectivity index (χ1v) is 7.50. The van der Waals surface area contributed by atoms with Crippen molar-refractivity contribution in [2.75, 3.05) is 0 Å². The second kappa shape index (κ2) is 8.69. The molecule has 1 aliphatic carbocycles. The average Bonchev–Trinajstić information content (AvgIpc) is 2.75. The number of allylic oxidation sites excluding steroid dienone is 4. The summed E-state index contributed by atoms with van der Waals surface area (Å²) in [7, 11) is 0. The maximum absolute atomic E-state index is 10.7. The minimum Gasteiger partial charge on any atom is -1.00 e. The largest absolute Gasteiger partial charge is 2.00 e. The van der Waals surface area contributed by atoms with E-state index < -0.39 is 5.60 Å². The zero-order valence-corrected chi connectivity index (χ0v) is 17.5. The molecule has 0 unspecified atom stereocenters. The van der Waals surface area contributed by atoms with E-state index >= 15 is 0 Å². The molecule has 0 aliphatic heterocycles. The minimum atomic E-state index is -0.861. The van der Waals surface area contributed by atoms with Gasteiger partial charge in [-0.05, 0) is 67.2 Å². The van der Waals surface area contributed by atoms with Crippen molar-refractivity contribution in [2.24, 2.45) is 0 Å². The standard InChI is InChI=1S/C20H22O.2ClH.Ti/c1-13-11-14(2)18(12-13)17-10-9-15-7-5-6-8-16(15)19(17)20(3,4)21;;;/h5-11,21H,12H2,1-4H3;2*1H;/q;;;+2/p-2. The van der Waals surface area contributed by atoms with Crippen molar-refractivity contribution in [1.82, 2.24) is 0 Å². The van der Waals surface area contributed by atoms with Gasteiger partial charge >= 0.3 is 21.7 Å². The summed E-state index contributed by atoms with van der Waals surface area (Å²) >= 11 is 0. The molecule has 126 valence electrons. The Bertz CT molecular complexity index is 786. The molecular formula is C20H22Cl2OTi. The third-order valence-electron chi connectivity index (χ3n) is 4.26. The number of fused-ring (bicyclic) bond motifs is 1. The monoisotopic (exact) mass is 396 g/mol. The van der Waals surface area contributed by atoms with Crippen LogP contribution in [0.2, 0.25) is 0 Å². The van der Waals surface area contributed by atoms with Gasteiger partial charge in [0.25, 0.3) is 0 Å². The normalized spacial score (nSPS) is 13.8. The summed E-state index contributed by atoms with van der Waals surface area (Å²) in [5, 5.41) is 13.1. The Morgan fingerprint density at radius 3 is 2.12 bits per heavy atom. The number of aliphatic hydroxyl groups is 1. The van der Waals surface area contributed by atoms with Gasteiger partial charge in [0.1, 0.15) is 0 Å². The molecule has 0 atom stereocenters. The Morgan fingerprint density at radius 1 is 0.958 bits per heavy atom. The van der Waals surface area contributed by atoms with Gasteiger partial charge in [-0.1, -0.05) is 48.0 Å². The van der Waals surface area contributed by atoms with Crippen LogP contribution in [0, 0.1) is 0 Å². The van der Waals surface area contributed by atoms with Crippen LogP contribution in [0.4, 0.5) is 0 Å². The summed E-state index contributed by atoms with van der Waals surface area (Å²) in [6.07, 6.45) is 3.23. The quantitative estimate of drug-likeness (QED) is 0.659. The molecule has 0 fully saturated rings. The molecule has 1 aliphatic rings.